The van der Waals surface area contributed by atoms with Gasteiger partial charge in [-0.2, -0.15) is 8.42 Å². The normalized spacial score (nSPS) is 12.4. The van der Waals surface area contributed by atoms with Gasteiger partial charge in [-0.1, -0.05) is 16.1 Å². The number of sulfone groups is 1. The van der Waals surface area contributed by atoms with Crippen molar-refractivity contribution in [1.29, 1.82) is 0 Å². The second kappa shape index (κ2) is 19.1. The van der Waals surface area contributed by atoms with Crippen molar-refractivity contribution in [2.24, 2.45) is 30.7 Å². The lowest BCUT2D eigenvalue weighted by Crippen LogP contribution is -2.12. The third-order valence-corrected chi connectivity index (χ3v) is 10.8. The molecule has 24 nitrogen and oxygen atoms in total. The molecular formula is C30H23N7O17S4. The van der Waals surface area contributed by atoms with E-state index in [2.05, 4.69) is 49.4 Å². The van der Waals surface area contributed by atoms with E-state index in [1.54, 1.807) is 0 Å². The van der Waals surface area contributed by atoms with Gasteiger partial charge in [-0.05, 0) is 60.7 Å². The van der Waals surface area contributed by atoms with Gasteiger partial charge in [0.1, 0.15) is 33.5 Å². The van der Waals surface area contributed by atoms with Gasteiger partial charge in [0.2, 0.25) is 0 Å². The number of rotatable bonds is 18. The van der Waals surface area contributed by atoms with Gasteiger partial charge in [-0.3, -0.25) is 18.9 Å². The minimum atomic E-state index is -5.06. The standard InChI is InChI=1S/C30H23N7O17S4/c38-26-10-9-25(30(40)29(26)36-33-23-5-1-16(37(41)42)13-27(23)39)35-32-22-8-7-21(19-4-2-17(14-20(19)22)55-53-51-43)31-34-24-6-3-18(15-28(24)58(47,48)49)57(45,46)12-11-50-56-54-52-44/h1-10,13-15,38-40,43-44H,11-12H2,(H,47,48,49)/b34-31+,35-32+,36-33+. The molecule has 0 aliphatic heterocycles. The number of aromatic hydroxyl groups is 3. The number of hydrogen-bond acceptors (Lipinski definition) is 24. The Morgan fingerprint density at radius 2 is 1.29 bits per heavy atom. The van der Waals surface area contributed by atoms with Crippen LogP contribution in [-0.4, -0.2) is 64.5 Å². The molecule has 0 aliphatic carbocycles. The summed E-state index contributed by atoms with van der Waals surface area (Å²) in [6.45, 7) is -0.470. The van der Waals surface area contributed by atoms with Crippen LogP contribution < -0.4 is 0 Å². The van der Waals surface area contributed by atoms with E-state index in [1.807, 2.05) is 0 Å². The highest BCUT2D eigenvalue weighted by Crippen LogP contribution is 2.45. The topological polar surface area (TPSA) is 353 Å². The lowest BCUT2D eigenvalue weighted by atomic mass is 10.1. The second-order valence-corrected chi connectivity index (χ2v) is 15.6. The maximum absolute atomic E-state index is 12.8. The molecule has 0 aliphatic rings. The molecule has 0 atom stereocenters. The lowest BCUT2D eigenvalue weighted by Gasteiger charge is -2.09. The number of hydrogen-bond donors (Lipinski definition) is 6. The monoisotopic (exact) mass is 881 g/mol. The van der Waals surface area contributed by atoms with E-state index in [0.29, 0.717) is 28.4 Å². The van der Waals surface area contributed by atoms with Crippen LogP contribution in [0.1, 0.15) is 0 Å². The van der Waals surface area contributed by atoms with Crippen LogP contribution >= 0.6 is 24.4 Å². The summed E-state index contributed by atoms with van der Waals surface area (Å²) in [5, 5.41) is 90.3. The summed E-state index contributed by atoms with van der Waals surface area (Å²) in [5.74, 6) is -2.51. The average Bonchev–Trinajstić information content (AvgIpc) is 3.18. The van der Waals surface area contributed by atoms with Gasteiger partial charge in [0.05, 0.1) is 51.7 Å². The lowest BCUT2D eigenvalue weighted by molar-refractivity contribution is -0.434. The molecule has 0 unspecified atom stereocenters. The summed E-state index contributed by atoms with van der Waals surface area (Å²) in [7, 11) is -9.24. The van der Waals surface area contributed by atoms with E-state index in [0.717, 1.165) is 36.4 Å². The quantitative estimate of drug-likeness (QED) is 0.00912. The Balaban J connectivity index is 1.49. The zero-order valence-corrected chi connectivity index (χ0v) is 31.6. The largest absolute Gasteiger partial charge is 0.505 e. The van der Waals surface area contributed by atoms with Gasteiger partial charge in [0, 0.05) is 21.7 Å². The zero-order valence-electron chi connectivity index (χ0n) is 28.4. The highest BCUT2D eigenvalue weighted by molar-refractivity contribution is 7.94. The summed E-state index contributed by atoms with van der Waals surface area (Å²) in [5.41, 5.74) is -1.57. The van der Waals surface area contributed by atoms with Crippen LogP contribution in [0.3, 0.4) is 0 Å². The van der Waals surface area contributed by atoms with Crippen molar-refractivity contribution >= 4 is 94.9 Å². The minimum absolute atomic E-state index is 0.0937. The van der Waals surface area contributed by atoms with Gasteiger partial charge in [-0.15, -0.1) is 39.4 Å². The first-order valence-corrected chi connectivity index (χ1v) is 19.7. The van der Waals surface area contributed by atoms with Crippen LogP contribution in [0.2, 0.25) is 0 Å². The summed E-state index contributed by atoms with van der Waals surface area (Å²) in [6.07, 6.45) is 0. The number of non-ortho nitro benzene ring substituents is 1. The molecule has 28 heteroatoms. The summed E-state index contributed by atoms with van der Waals surface area (Å²) < 4.78 is 73.3. The number of phenolic OH excluding ortho intramolecular Hbond substituents is 3. The van der Waals surface area contributed by atoms with Gasteiger partial charge < -0.3 is 15.3 Å². The Hall–Kier alpha value is -5.76. The Morgan fingerprint density at radius 3 is 1.97 bits per heavy atom. The van der Waals surface area contributed by atoms with Crippen LogP contribution in [0.25, 0.3) is 10.8 Å². The van der Waals surface area contributed by atoms with E-state index < -0.39 is 81.3 Å². The molecular weight excluding hydrogens is 859 g/mol. The Kier molecular flexibility index (Phi) is 14.3. The Labute approximate surface area is 332 Å². The highest BCUT2D eigenvalue weighted by atomic mass is 32.2. The van der Waals surface area contributed by atoms with Crippen molar-refractivity contribution < 1.29 is 75.1 Å². The smallest absolute Gasteiger partial charge is 0.296 e. The van der Waals surface area contributed by atoms with E-state index >= 15 is 0 Å². The first-order chi connectivity index (χ1) is 27.6. The minimum Gasteiger partial charge on any atom is -0.505 e. The molecule has 0 saturated heterocycles. The summed E-state index contributed by atoms with van der Waals surface area (Å²) in [6, 6.07) is 15.3. The van der Waals surface area contributed by atoms with Gasteiger partial charge in [0.25, 0.3) is 15.8 Å². The van der Waals surface area contributed by atoms with Gasteiger partial charge in [-0.25, -0.2) is 18.9 Å². The number of azo groups is 3. The van der Waals surface area contributed by atoms with Crippen molar-refractivity contribution in [1.82, 2.24) is 0 Å². The van der Waals surface area contributed by atoms with Gasteiger partial charge >= 0.3 is 0 Å². The molecule has 0 spiro atoms. The Bertz CT molecular complexity index is 2670. The van der Waals surface area contributed by atoms with Crippen LogP contribution in [0.15, 0.2) is 124 Å². The fourth-order valence-corrected chi connectivity index (χ4v) is 7.20. The molecule has 5 aromatic rings. The van der Waals surface area contributed by atoms with E-state index in [-0.39, 0.29) is 40.5 Å². The molecule has 5 aromatic carbocycles. The van der Waals surface area contributed by atoms with E-state index in [9.17, 15) is 46.8 Å². The maximum Gasteiger partial charge on any atom is 0.296 e. The molecule has 0 saturated carbocycles. The maximum atomic E-state index is 12.8. The summed E-state index contributed by atoms with van der Waals surface area (Å²) >= 11 is 0.724. The van der Waals surface area contributed by atoms with Crippen LogP contribution in [0, 0.1) is 10.1 Å². The van der Waals surface area contributed by atoms with Crippen molar-refractivity contribution in [2.45, 2.75) is 14.7 Å². The number of fused-ring (bicyclic) bond motifs is 1. The molecule has 0 radical (unpaired) electrons. The number of nitro groups is 1. The first kappa shape index (κ1) is 43.4. The molecule has 0 fully saturated rings. The first-order valence-electron chi connectivity index (χ1n) is 15.2. The van der Waals surface area contributed by atoms with Crippen molar-refractivity contribution in [2.75, 3.05) is 12.4 Å². The van der Waals surface area contributed by atoms with Crippen LogP contribution in [0.4, 0.5) is 39.8 Å². The van der Waals surface area contributed by atoms with Crippen LogP contribution in [-0.2, 0) is 42.9 Å². The predicted molar refractivity (Wildman–Crippen MR) is 198 cm³/mol. The molecule has 0 bridgehead atoms. The zero-order chi connectivity index (χ0) is 42.0. The fourth-order valence-electron chi connectivity index (χ4n) is 4.65. The SMILES string of the molecule is O=[N+]([O-])c1ccc(/N=N/c2c(O)ccc(/N=N/c3ccc(/N=N/c4ccc(S(=O)(=O)CCOSOOO)cc4S(=O)(=O)O)c4ccc(SOOO)cc34)c2O)c(O)c1. The molecule has 0 amide bonds. The summed E-state index contributed by atoms with van der Waals surface area (Å²) in [4.78, 5) is 9.17. The third-order valence-electron chi connectivity index (χ3n) is 7.28. The molecule has 0 aromatic heterocycles. The third kappa shape index (κ3) is 10.8. The number of nitrogens with zero attached hydrogens (tertiary/aromatic N) is 7. The number of nitro benzene ring substituents is 1. The predicted octanol–water partition coefficient (Wildman–Crippen LogP) is 8.56. The van der Waals surface area contributed by atoms with Gasteiger partial charge in [0.15, 0.2) is 33.6 Å². The molecule has 5 rings (SSSR count). The van der Waals surface area contributed by atoms with Crippen LogP contribution in [0.5, 0.6) is 17.2 Å². The van der Waals surface area contributed by atoms with Crippen molar-refractivity contribution in [3.63, 3.8) is 0 Å². The fraction of sp³-hybridized carbons (Fsp3) is 0.0667. The number of phenols is 3. The molecule has 304 valence electrons. The van der Waals surface area contributed by atoms with E-state index in [1.165, 1.54) is 36.4 Å². The van der Waals surface area contributed by atoms with Crippen molar-refractivity contribution in [3.05, 3.63) is 89.0 Å². The molecule has 6 N–H and O–H groups in total. The average molecular weight is 882 g/mol. The van der Waals surface area contributed by atoms with Crippen molar-refractivity contribution in [3.8, 4) is 17.2 Å². The van der Waals surface area contributed by atoms with E-state index in [4.69, 9.17) is 14.7 Å². The second-order valence-electron chi connectivity index (χ2n) is 10.8. The molecule has 58 heavy (non-hydrogen) atoms. The molecule has 0 heterocycles. The number of benzene rings is 5. The Morgan fingerprint density at radius 1 is 0.672 bits per heavy atom. The highest BCUT2D eigenvalue weighted by Gasteiger charge is 2.23.